The van der Waals surface area contributed by atoms with Crippen LogP contribution in [0.25, 0.3) is 0 Å². The van der Waals surface area contributed by atoms with Gasteiger partial charge in [0.05, 0.1) is 28.1 Å². The maximum absolute atomic E-state index is 12.3. The maximum Gasteiger partial charge on any atom is 0.275 e. The molecule has 0 spiro atoms. The highest BCUT2D eigenvalue weighted by Crippen LogP contribution is 2.29. The Kier molecular flexibility index (Phi) is 5.71. The first kappa shape index (κ1) is 18.2. The van der Waals surface area contributed by atoms with Gasteiger partial charge in [0.25, 0.3) is 5.91 Å². The highest BCUT2D eigenvalue weighted by atomic mass is 35.5. The van der Waals surface area contributed by atoms with E-state index >= 15 is 0 Å². The zero-order chi connectivity index (χ0) is 18.5. The van der Waals surface area contributed by atoms with E-state index in [4.69, 9.17) is 23.2 Å². The number of carbonyl (C=O) groups excluding carboxylic acids is 1. The number of anilines is 2. The van der Waals surface area contributed by atoms with Gasteiger partial charge in [-0.2, -0.15) is 0 Å². The molecule has 0 radical (unpaired) electrons. The third-order valence-corrected chi connectivity index (χ3v) is 4.46. The summed E-state index contributed by atoms with van der Waals surface area (Å²) in [5, 5.41) is 6.50. The average Bonchev–Trinajstić information content (AvgIpc) is 2.64. The number of hydrogen-bond acceptors (Lipinski definition) is 4. The molecule has 5 nitrogen and oxygen atoms in total. The van der Waals surface area contributed by atoms with Crippen molar-refractivity contribution in [3.8, 4) is 0 Å². The van der Waals surface area contributed by atoms with Crippen molar-refractivity contribution < 1.29 is 4.79 Å². The van der Waals surface area contributed by atoms with Crippen molar-refractivity contribution in [2.45, 2.75) is 13.5 Å². The SMILES string of the molecule is Cc1cccc(CNc2cnc(C(=O)Nc3cccc(Cl)c3Cl)cn2)c1. The Morgan fingerprint density at radius 1 is 1.08 bits per heavy atom. The summed E-state index contributed by atoms with van der Waals surface area (Å²) in [4.78, 5) is 20.6. The topological polar surface area (TPSA) is 66.9 Å². The predicted octanol–water partition coefficient (Wildman–Crippen LogP) is 4.96. The molecule has 0 bridgehead atoms. The van der Waals surface area contributed by atoms with E-state index in [-0.39, 0.29) is 10.7 Å². The van der Waals surface area contributed by atoms with Gasteiger partial charge in [-0.05, 0) is 24.6 Å². The minimum Gasteiger partial charge on any atom is -0.365 e. The van der Waals surface area contributed by atoms with Crippen LogP contribution in [0.4, 0.5) is 11.5 Å². The quantitative estimate of drug-likeness (QED) is 0.650. The first-order chi connectivity index (χ1) is 12.5. The monoisotopic (exact) mass is 386 g/mol. The first-order valence-corrected chi connectivity index (χ1v) is 8.65. The Morgan fingerprint density at radius 2 is 1.88 bits per heavy atom. The molecule has 0 atom stereocenters. The van der Waals surface area contributed by atoms with Crippen LogP contribution in [-0.2, 0) is 6.54 Å². The summed E-state index contributed by atoms with van der Waals surface area (Å²) < 4.78 is 0. The van der Waals surface area contributed by atoms with E-state index in [1.807, 2.05) is 25.1 Å². The van der Waals surface area contributed by atoms with Crippen LogP contribution < -0.4 is 10.6 Å². The molecule has 0 fully saturated rings. The lowest BCUT2D eigenvalue weighted by Gasteiger charge is -2.09. The summed E-state index contributed by atoms with van der Waals surface area (Å²) in [6.07, 6.45) is 2.93. The molecule has 2 N–H and O–H groups in total. The number of carbonyl (C=O) groups is 1. The van der Waals surface area contributed by atoms with Gasteiger partial charge in [-0.15, -0.1) is 0 Å². The first-order valence-electron chi connectivity index (χ1n) is 7.90. The molecule has 0 aliphatic heterocycles. The largest absolute Gasteiger partial charge is 0.365 e. The lowest BCUT2D eigenvalue weighted by molar-refractivity contribution is 0.102. The number of halogens is 2. The second-order valence-electron chi connectivity index (χ2n) is 5.68. The summed E-state index contributed by atoms with van der Waals surface area (Å²) in [6.45, 7) is 2.67. The highest BCUT2D eigenvalue weighted by molar-refractivity contribution is 6.44. The van der Waals surface area contributed by atoms with Gasteiger partial charge in [-0.25, -0.2) is 9.97 Å². The zero-order valence-electron chi connectivity index (χ0n) is 14.0. The van der Waals surface area contributed by atoms with Crippen LogP contribution in [0.2, 0.25) is 10.0 Å². The number of benzene rings is 2. The van der Waals surface area contributed by atoms with Crippen LogP contribution in [-0.4, -0.2) is 15.9 Å². The van der Waals surface area contributed by atoms with Crippen molar-refractivity contribution in [2.75, 3.05) is 10.6 Å². The zero-order valence-corrected chi connectivity index (χ0v) is 15.5. The normalized spacial score (nSPS) is 10.4. The molecule has 2 aromatic carbocycles. The molecule has 0 saturated heterocycles. The molecule has 0 aliphatic carbocycles. The molecule has 132 valence electrons. The third-order valence-electron chi connectivity index (χ3n) is 3.64. The van der Waals surface area contributed by atoms with Crippen LogP contribution in [0.1, 0.15) is 21.6 Å². The Bertz CT molecular complexity index is 929. The summed E-state index contributed by atoms with van der Waals surface area (Å²) in [7, 11) is 0. The van der Waals surface area contributed by atoms with E-state index in [0.29, 0.717) is 23.1 Å². The Morgan fingerprint density at radius 3 is 2.62 bits per heavy atom. The maximum atomic E-state index is 12.3. The molecule has 1 aromatic heterocycles. The van der Waals surface area contributed by atoms with Crippen molar-refractivity contribution in [3.05, 3.63) is 81.7 Å². The van der Waals surface area contributed by atoms with E-state index in [9.17, 15) is 4.79 Å². The van der Waals surface area contributed by atoms with Crippen LogP contribution in [0, 0.1) is 6.92 Å². The molecule has 3 aromatic rings. The predicted molar refractivity (Wildman–Crippen MR) is 105 cm³/mol. The fourth-order valence-corrected chi connectivity index (χ4v) is 2.69. The second kappa shape index (κ2) is 8.17. The standard InChI is InChI=1S/C19H16Cl2N4O/c1-12-4-2-5-13(8-12)9-23-17-11-22-16(10-24-17)19(26)25-15-7-3-6-14(20)18(15)21/h2-8,10-11H,9H2,1H3,(H,23,24)(H,25,26). The fourth-order valence-electron chi connectivity index (χ4n) is 2.34. The summed E-state index contributed by atoms with van der Waals surface area (Å²) in [5.41, 5.74) is 2.95. The van der Waals surface area contributed by atoms with Gasteiger partial charge in [-0.1, -0.05) is 59.1 Å². The third kappa shape index (κ3) is 4.50. The summed E-state index contributed by atoms with van der Waals surface area (Å²) in [6, 6.07) is 13.2. The number of aromatic nitrogens is 2. The lowest BCUT2D eigenvalue weighted by atomic mass is 10.1. The van der Waals surface area contributed by atoms with Crippen molar-refractivity contribution >= 4 is 40.6 Å². The average molecular weight is 387 g/mol. The van der Waals surface area contributed by atoms with E-state index in [1.54, 1.807) is 18.2 Å². The van der Waals surface area contributed by atoms with Crippen molar-refractivity contribution in [2.24, 2.45) is 0 Å². The van der Waals surface area contributed by atoms with Crippen molar-refractivity contribution in [1.82, 2.24) is 9.97 Å². The van der Waals surface area contributed by atoms with E-state index in [2.05, 4.69) is 26.7 Å². The molecule has 26 heavy (non-hydrogen) atoms. The Balaban J connectivity index is 1.63. The van der Waals surface area contributed by atoms with Crippen LogP contribution >= 0.6 is 23.2 Å². The number of nitrogens with one attached hydrogen (secondary N) is 2. The molecule has 3 rings (SSSR count). The van der Waals surface area contributed by atoms with Crippen LogP contribution in [0.15, 0.2) is 54.9 Å². The van der Waals surface area contributed by atoms with Gasteiger partial charge in [0.15, 0.2) is 0 Å². The van der Waals surface area contributed by atoms with Gasteiger partial charge in [0, 0.05) is 6.54 Å². The van der Waals surface area contributed by atoms with Crippen LogP contribution in [0.3, 0.4) is 0 Å². The molecule has 7 heteroatoms. The Labute approximate surface area is 161 Å². The summed E-state index contributed by atoms with van der Waals surface area (Å²) in [5.74, 6) is 0.177. The number of aryl methyl sites for hydroxylation is 1. The van der Waals surface area contributed by atoms with Crippen molar-refractivity contribution in [3.63, 3.8) is 0 Å². The smallest absolute Gasteiger partial charge is 0.275 e. The molecule has 0 unspecified atom stereocenters. The minimum absolute atomic E-state index is 0.183. The lowest BCUT2D eigenvalue weighted by Crippen LogP contribution is -2.15. The number of amides is 1. The number of rotatable bonds is 5. The van der Waals surface area contributed by atoms with E-state index in [1.165, 1.54) is 18.0 Å². The van der Waals surface area contributed by atoms with Gasteiger partial charge in [-0.3, -0.25) is 4.79 Å². The molecule has 0 saturated carbocycles. The molecule has 1 heterocycles. The van der Waals surface area contributed by atoms with Gasteiger partial charge >= 0.3 is 0 Å². The molecule has 0 aliphatic rings. The van der Waals surface area contributed by atoms with E-state index in [0.717, 1.165) is 5.56 Å². The van der Waals surface area contributed by atoms with Gasteiger partial charge in [0.1, 0.15) is 11.5 Å². The summed E-state index contributed by atoms with van der Waals surface area (Å²) >= 11 is 12.0. The molecular weight excluding hydrogens is 371 g/mol. The van der Waals surface area contributed by atoms with Crippen LogP contribution in [0.5, 0.6) is 0 Å². The highest BCUT2D eigenvalue weighted by Gasteiger charge is 2.12. The number of hydrogen-bond donors (Lipinski definition) is 2. The molecule has 1 amide bonds. The second-order valence-corrected chi connectivity index (χ2v) is 6.47. The fraction of sp³-hybridized carbons (Fsp3) is 0.105. The van der Waals surface area contributed by atoms with Crippen molar-refractivity contribution in [1.29, 1.82) is 0 Å². The van der Waals surface area contributed by atoms with Gasteiger partial charge < -0.3 is 10.6 Å². The molecular formula is C19H16Cl2N4O. The number of nitrogens with zero attached hydrogens (tertiary/aromatic N) is 2. The minimum atomic E-state index is -0.410. The Hall–Kier alpha value is -2.63. The van der Waals surface area contributed by atoms with E-state index < -0.39 is 5.91 Å². The van der Waals surface area contributed by atoms with Gasteiger partial charge in [0.2, 0.25) is 0 Å².